The summed E-state index contributed by atoms with van der Waals surface area (Å²) in [7, 11) is 0. The highest BCUT2D eigenvalue weighted by atomic mass is 16.7. The van der Waals surface area contributed by atoms with E-state index in [1.165, 1.54) is 5.57 Å². The van der Waals surface area contributed by atoms with Crippen molar-refractivity contribution >= 4 is 23.5 Å². The van der Waals surface area contributed by atoms with Crippen LogP contribution in [0.3, 0.4) is 0 Å². The number of carbonyl (C=O) groups excluding carboxylic acids is 3. The molecule has 5 aliphatic rings. The molecule has 0 aromatic carbocycles. The number of rotatable bonds is 4. The Hall–Kier alpha value is -2.66. The summed E-state index contributed by atoms with van der Waals surface area (Å²) in [5.74, 6) is 2.46. The van der Waals surface area contributed by atoms with Crippen LogP contribution in [0.1, 0.15) is 78.1 Å². The maximum atomic E-state index is 11.9. The molecule has 3 saturated carbocycles. The fourth-order valence-corrected chi connectivity index (χ4v) is 7.85. The molecule has 8 heteroatoms. The topological polar surface area (TPSA) is 106 Å². The molecule has 6 atom stereocenters. The number of oxime groups is 1. The average Bonchev–Trinajstić information content (AvgIpc) is 3.29. The van der Waals surface area contributed by atoms with Gasteiger partial charge in [-0.15, -0.1) is 11.5 Å². The number of amides is 2. The summed E-state index contributed by atoms with van der Waals surface area (Å²) < 4.78 is 0. The number of allylic oxidation sites excluding steroid dienone is 2. The fraction of sp³-hybridized carbons (Fsp3) is 0.704. The highest BCUT2D eigenvalue weighted by Gasteiger charge is 2.63. The Labute approximate surface area is 206 Å². The normalized spacial score (nSPS) is 41.5. The third-order valence-electron chi connectivity index (χ3n) is 9.93. The van der Waals surface area contributed by atoms with Crippen LogP contribution in [0.15, 0.2) is 16.8 Å². The van der Waals surface area contributed by atoms with Crippen LogP contribution in [0.4, 0.5) is 0 Å². The van der Waals surface area contributed by atoms with Crippen molar-refractivity contribution in [2.24, 2.45) is 33.7 Å². The van der Waals surface area contributed by atoms with E-state index in [4.69, 9.17) is 16.1 Å². The molecule has 1 aliphatic heterocycles. The summed E-state index contributed by atoms with van der Waals surface area (Å²) in [6, 6.07) is 0. The number of imide groups is 1. The molecule has 4 aliphatic carbocycles. The van der Waals surface area contributed by atoms with Crippen LogP contribution in [0.5, 0.6) is 0 Å². The molecule has 0 bridgehead atoms. The first-order chi connectivity index (χ1) is 16.6. The Balaban J connectivity index is 1.23. The van der Waals surface area contributed by atoms with Crippen LogP contribution in [-0.4, -0.2) is 45.9 Å². The van der Waals surface area contributed by atoms with E-state index in [9.17, 15) is 19.5 Å². The molecule has 35 heavy (non-hydrogen) atoms. The molecular formula is C27H34N2O6. The molecule has 1 heterocycles. The van der Waals surface area contributed by atoms with E-state index < -0.39 is 30.0 Å². The molecule has 5 rings (SSSR count). The summed E-state index contributed by atoms with van der Waals surface area (Å²) in [6.45, 7) is 4.11. The van der Waals surface area contributed by atoms with Crippen molar-refractivity contribution < 1.29 is 29.2 Å². The van der Waals surface area contributed by atoms with Crippen molar-refractivity contribution in [3.63, 3.8) is 0 Å². The van der Waals surface area contributed by atoms with Crippen molar-refractivity contribution in [2.75, 3.05) is 6.61 Å². The Morgan fingerprint density at radius 2 is 1.83 bits per heavy atom. The molecule has 188 valence electrons. The number of carbonyl (C=O) groups is 3. The largest absolute Gasteiger partial charge is 0.383 e. The second-order valence-corrected chi connectivity index (χ2v) is 11.4. The maximum absolute atomic E-state index is 11.9. The molecule has 2 amide bonds. The van der Waals surface area contributed by atoms with Gasteiger partial charge in [0.15, 0.2) is 0 Å². The van der Waals surface area contributed by atoms with Gasteiger partial charge in [-0.25, -0.2) is 4.79 Å². The van der Waals surface area contributed by atoms with Crippen LogP contribution in [-0.2, 0) is 24.1 Å². The first kappa shape index (κ1) is 24.1. The quantitative estimate of drug-likeness (QED) is 0.375. The van der Waals surface area contributed by atoms with E-state index in [0.717, 1.165) is 50.7 Å². The Morgan fingerprint density at radius 3 is 2.54 bits per heavy atom. The van der Waals surface area contributed by atoms with Crippen molar-refractivity contribution in [2.45, 2.75) is 83.7 Å². The van der Waals surface area contributed by atoms with E-state index in [1.807, 2.05) is 0 Å². The Kier molecular flexibility index (Phi) is 5.83. The minimum Gasteiger partial charge on any atom is -0.383 e. The third kappa shape index (κ3) is 3.70. The molecule has 0 radical (unpaired) electrons. The number of terminal acetylenes is 1. The summed E-state index contributed by atoms with van der Waals surface area (Å²) in [5, 5.41) is 15.8. The van der Waals surface area contributed by atoms with Crippen LogP contribution in [0.2, 0.25) is 0 Å². The first-order valence-corrected chi connectivity index (χ1v) is 12.8. The van der Waals surface area contributed by atoms with Gasteiger partial charge in [0.1, 0.15) is 5.60 Å². The lowest BCUT2D eigenvalue weighted by Gasteiger charge is -2.58. The van der Waals surface area contributed by atoms with Gasteiger partial charge < -0.3 is 14.8 Å². The predicted octanol–water partition coefficient (Wildman–Crippen LogP) is 3.29. The van der Waals surface area contributed by atoms with Crippen LogP contribution >= 0.6 is 0 Å². The number of hydrogen-bond acceptors (Lipinski definition) is 7. The average molecular weight is 483 g/mol. The molecule has 0 aromatic heterocycles. The minimum atomic E-state index is -0.986. The SMILES string of the molecule is C#CC1(O)CCC2C3CCC4=CC(=NOCC(=O)ON5C(=O)CCC5=O)CCC4(C)C3CCC21C. The van der Waals surface area contributed by atoms with Gasteiger partial charge in [-0.1, -0.05) is 30.5 Å². The third-order valence-corrected chi connectivity index (χ3v) is 9.93. The number of nitrogens with zero attached hydrogens (tertiary/aromatic N) is 2. The molecule has 8 nitrogen and oxygen atoms in total. The van der Waals surface area contributed by atoms with E-state index in [1.54, 1.807) is 0 Å². The lowest BCUT2D eigenvalue weighted by atomic mass is 9.46. The van der Waals surface area contributed by atoms with Gasteiger partial charge >= 0.3 is 5.97 Å². The lowest BCUT2D eigenvalue weighted by molar-refractivity contribution is -0.200. The number of aliphatic hydroxyl groups is 1. The van der Waals surface area contributed by atoms with Crippen LogP contribution in [0.25, 0.3) is 0 Å². The zero-order valence-electron chi connectivity index (χ0n) is 20.5. The van der Waals surface area contributed by atoms with Crippen molar-refractivity contribution in [3.05, 3.63) is 11.6 Å². The second-order valence-electron chi connectivity index (χ2n) is 11.4. The summed E-state index contributed by atoms with van der Waals surface area (Å²) in [6.07, 6.45) is 15.5. The van der Waals surface area contributed by atoms with E-state index in [-0.39, 0.29) is 23.7 Å². The molecule has 4 fully saturated rings. The van der Waals surface area contributed by atoms with Gasteiger partial charge in [0, 0.05) is 18.3 Å². The van der Waals surface area contributed by atoms with E-state index >= 15 is 0 Å². The summed E-state index contributed by atoms with van der Waals surface area (Å²) in [5.41, 5.74) is 1.08. The summed E-state index contributed by atoms with van der Waals surface area (Å²) >= 11 is 0. The summed E-state index contributed by atoms with van der Waals surface area (Å²) in [4.78, 5) is 45.1. The smallest absolute Gasteiger partial charge is 0.373 e. The number of hydroxylamine groups is 2. The number of fused-ring (bicyclic) bond motifs is 5. The van der Waals surface area contributed by atoms with Gasteiger partial charge in [0.2, 0.25) is 6.61 Å². The highest BCUT2D eigenvalue weighted by Crippen LogP contribution is 2.67. The molecular weight excluding hydrogens is 448 g/mol. The van der Waals surface area contributed by atoms with Crippen molar-refractivity contribution in [1.29, 1.82) is 0 Å². The molecule has 1 N–H and O–H groups in total. The van der Waals surface area contributed by atoms with Gasteiger partial charge in [0.05, 0.1) is 5.71 Å². The zero-order valence-corrected chi connectivity index (χ0v) is 20.5. The van der Waals surface area contributed by atoms with Crippen molar-refractivity contribution in [3.8, 4) is 12.3 Å². The zero-order chi connectivity index (χ0) is 25.0. The van der Waals surface area contributed by atoms with Crippen molar-refractivity contribution in [1.82, 2.24) is 5.06 Å². The van der Waals surface area contributed by atoms with Gasteiger partial charge in [-0.3, -0.25) is 9.59 Å². The van der Waals surface area contributed by atoms with E-state index in [0.29, 0.717) is 29.2 Å². The molecule has 1 saturated heterocycles. The van der Waals surface area contributed by atoms with Crippen LogP contribution < -0.4 is 0 Å². The van der Waals surface area contributed by atoms with Gasteiger partial charge in [-0.05, 0) is 80.6 Å². The molecule has 0 spiro atoms. The van der Waals surface area contributed by atoms with E-state index in [2.05, 4.69) is 31.0 Å². The minimum absolute atomic E-state index is 0.0498. The van der Waals surface area contributed by atoms with Gasteiger partial charge in [0.25, 0.3) is 11.8 Å². The Morgan fingerprint density at radius 1 is 1.11 bits per heavy atom. The standard InChI is InChI=1S/C27H34N2O6/c1-4-27(33)14-11-21-19-6-5-17-15-18(9-12-25(17,2)20(19)10-13-26(21,27)3)28-34-16-24(32)35-29-22(30)7-8-23(29)31/h1,15,19-21,33H,5-14,16H2,2-3H3. The Bertz CT molecular complexity index is 1040. The monoisotopic (exact) mass is 482 g/mol. The van der Waals surface area contributed by atoms with Gasteiger partial charge in [-0.2, -0.15) is 0 Å². The molecule has 6 unspecified atom stereocenters. The maximum Gasteiger partial charge on any atom is 0.373 e. The first-order valence-electron chi connectivity index (χ1n) is 12.8. The molecule has 0 aromatic rings. The highest BCUT2D eigenvalue weighted by molar-refractivity contribution is 6.01. The van der Waals surface area contributed by atoms with Crippen LogP contribution in [0, 0.1) is 40.9 Å². The predicted molar refractivity (Wildman–Crippen MR) is 126 cm³/mol. The number of hydrogen-bond donors (Lipinski definition) is 1. The second kappa shape index (κ2) is 8.48. The lowest BCUT2D eigenvalue weighted by Crippen LogP contribution is -2.54. The fourth-order valence-electron chi connectivity index (χ4n) is 7.85.